The van der Waals surface area contributed by atoms with Gasteiger partial charge in [-0.05, 0) is 50.2 Å². The van der Waals surface area contributed by atoms with Gasteiger partial charge in [0.15, 0.2) is 0 Å². The fraction of sp³-hybridized carbons (Fsp3) is 0.100. The molecular weight excluding hydrogens is 331 g/mol. The van der Waals surface area contributed by atoms with Crippen LogP contribution in [0.1, 0.15) is 21.9 Å². The summed E-state index contributed by atoms with van der Waals surface area (Å²) >= 11 is 0. The summed E-state index contributed by atoms with van der Waals surface area (Å²) in [5.41, 5.74) is 4.24. The second-order valence-electron chi connectivity index (χ2n) is 6.16. The zero-order chi connectivity index (χ0) is 18.3. The highest BCUT2D eigenvalue weighted by Crippen LogP contribution is 2.24. The first-order valence-corrected chi connectivity index (χ1v) is 8.24. The van der Waals surface area contributed by atoms with Crippen LogP contribution in [0.3, 0.4) is 0 Å². The van der Waals surface area contributed by atoms with Crippen molar-refractivity contribution >= 4 is 22.5 Å². The molecule has 0 aliphatic heterocycles. The molecule has 6 heteroatoms. The number of carbonyl (C=O) groups excluding carboxylic acids is 1. The Kier molecular flexibility index (Phi) is 3.80. The van der Waals surface area contributed by atoms with Gasteiger partial charge in [-0.3, -0.25) is 4.79 Å². The van der Waals surface area contributed by atoms with Crippen molar-refractivity contribution in [3.63, 3.8) is 0 Å². The van der Waals surface area contributed by atoms with Gasteiger partial charge in [-0.25, -0.2) is 9.07 Å². The van der Waals surface area contributed by atoms with Gasteiger partial charge in [0.1, 0.15) is 11.5 Å². The third-order valence-electron chi connectivity index (χ3n) is 4.36. The first-order chi connectivity index (χ1) is 12.5. The summed E-state index contributed by atoms with van der Waals surface area (Å²) in [5, 5.41) is 8.09. The average Bonchev–Trinajstić information content (AvgIpc) is 3.18. The van der Waals surface area contributed by atoms with E-state index in [1.54, 1.807) is 16.8 Å². The van der Waals surface area contributed by atoms with Crippen molar-refractivity contribution in [2.24, 2.45) is 0 Å². The summed E-state index contributed by atoms with van der Waals surface area (Å²) in [6.45, 7) is 3.76. The number of aromatic amines is 1. The highest BCUT2D eigenvalue weighted by atomic mass is 19.1. The van der Waals surface area contributed by atoms with E-state index in [2.05, 4.69) is 15.4 Å². The Bertz CT molecular complexity index is 1110. The molecule has 2 heterocycles. The molecule has 0 fully saturated rings. The normalized spacial score (nSPS) is 11.0. The maximum atomic E-state index is 13.3. The minimum absolute atomic E-state index is 0.291. The number of carbonyl (C=O) groups is 1. The number of nitrogens with zero attached hydrogens (tertiary/aromatic N) is 2. The number of anilines is 1. The second kappa shape index (κ2) is 6.15. The number of nitrogens with one attached hydrogen (secondary N) is 2. The van der Waals surface area contributed by atoms with Crippen LogP contribution in [0.5, 0.6) is 0 Å². The van der Waals surface area contributed by atoms with Crippen molar-refractivity contribution in [2.45, 2.75) is 13.8 Å². The SMILES string of the molecule is Cc1nn(-c2ccccc2)c(C)c1NC(=O)c1cc2cc(F)ccc2[nH]1. The molecule has 0 unspecified atom stereocenters. The fourth-order valence-corrected chi connectivity index (χ4v) is 3.05. The van der Waals surface area contributed by atoms with Gasteiger partial charge in [-0.1, -0.05) is 18.2 Å². The average molecular weight is 348 g/mol. The lowest BCUT2D eigenvalue weighted by Crippen LogP contribution is -2.13. The van der Waals surface area contributed by atoms with E-state index in [1.807, 2.05) is 44.2 Å². The maximum Gasteiger partial charge on any atom is 0.272 e. The zero-order valence-corrected chi connectivity index (χ0v) is 14.4. The lowest BCUT2D eigenvalue weighted by molar-refractivity contribution is 0.102. The third-order valence-corrected chi connectivity index (χ3v) is 4.36. The van der Waals surface area contributed by atoms with E-state index in [0.29, 0.717) is 22.3 Å². The van der Waals surface area contributed by atoms with Gasteiger partial charge >= 0.3 is 0 Å². The van der Waals surface area contributed by atoms with E-state index >= 15 is 0 Å². The van der Waals surface area contributed by atoms with Crippen LogP contribution in [-0.4, -0.2) is 20.7 Å². The number of halogens is 1. The maximum absolute atomic E-state index is 13.3. The van der Waals surface area contributed by atoms with Crippen molar-refractivity contribution in [1.82, 2.24) is 14.8 Å². The molecule has 0 aliphatic rings. The molecule has 0 atom stereocenters. The number of benzene rings is 2. The van der Waals surface area contributed by atoms with Crippen LogP contribution >= 0.6 is 0 Å². The molecule has 4 aromatic rings. The van der Waals surface area contributed by atoms with Gasteiger partial charge in [0, 0.05) is 10.9 Å². The summed E-state index contributed by atoms with van der Waals surface area (Å²) in [4.78, 5) is 15.7. The van der Waals surface area contributed by atoms with Gasteiger partial charge in [0.2, 0.25) is 0 Å². The van der Waals surface area contributed by atoms with Crippen molar-refractivity contribution in [3.05, 3.63) is 77.5 Å². The van der Waals surface area contributed by atoms with E-state index in [0.717, 1.165) is 17.1 Å². The van der Waals surface area contributed by atoms with Gasteiger partial charge in [0.05, 0.1) is 22.8 Å². The Balaban J connectivity index is 1.66. The molecular formula is C20H17FN4O. The highest BCUT2D eigenvalue weighted by Gasteiger charge is 2.17. The predicted octanol–water partition coefficient (Wildman–Crippen LogP) is 4.36. The molecule has 1 amide bonds. The van der Waals surface area contributed by atoms with E-state index in [1.165, 1.54) is 12.1 Å². The molecule has 0 spiro atoms. The lowest BCUT2D eigenvalue weighted by Gasteiger charge is -2.06. The van der Waals surface area contributed by atoms with E-state index in [9.17, 15) is 9.18 Å². The molecule has 2 N–H and O–H groups in total. The number of rotatable bonds is 3. The van der Waals surface area contributed by atoms with Crippen LogP contribution in [0.4, 0.5) is 10.1 Å². The number of amides is 1. The number of hydrogen-bond donors (Lipinski definition) is 2. The van der Waals surface area contributed by atoms with E-state index in [4.69, 9.17) is 0 Å². The standard InChI is InChI=1S/C20H17FN4O/c1-12-19(13(2)25(24-12)16-6-4-3-5-7-16)23-20(26)18-11-14-10-15(21)8-9-17(14)22-18/h3-11,22H,1-2H3,(H,23,26). The van der Waals surface area contributed by atoms with Crippen LogP contribution in [0.25, 0.3) is 16.6 Å². The van der Waals surface area contributed by atoms with Crippen LogP contribution < -0.4 is 5.32 Å². The minimum atomic E-state index is -0.334. The monoisotopic (exact) mass is 348 g/mol. The fourth-order valence-electron chi connectivity index (χ4n) is 3.05. The quantitative estimate of drug-likeness (QED) is 0.578. The molecule has 2 aromatic heterocycles. The van der Waals surface area contributed by atoms with E-state index < -0.39 is 0 Å². The molecule has 130 valence electrons. The summed E-state index contributed by atoms with van der Waals surface area (Å²) in [6.07, 6.45) is 0. The highest BCUT2D eigenvalue weighted by molar-refractivity contribution is 6.06. The number of fused-ring (bicyclic) bond motifs is 1. The third kappa shape index (κ3) is 2.75. The summed E-state index contributed by atoms with van der Waals surface area (Å²) < 4.78 is 15.1. The number of H-pyrrole nitrogens is 1. The molecule has 0 saturated carbocycles. The van der Waals surface area contributed by atoms with E-state index in [-0.39, 0.29) is 11.7 Å². The predicted molar refractivity (Wildman–Crippen MR) is 99.2 cm³/mol. The number of para-hydroxylation sites is 1. The smallest absolute Gasteiger partial charge is 0.272 e. The molecule has 0 saturated heterocycles. The van der Waals surface area contributed by atoms with Gasteiger partial charge < -0.3 is 10.3 Å². The zero-order valence-electron chi connectivity index (χ0n) is 14.4. The number of aryl methyl sites for hydroxylation is 1. The Morgan fingerprint density at radius 2 is 1.88 bits per heavy atom. The Labute approximate surface area is 149 Å². The van der Waals surface area contributed by atoms with Gasteiger partial charge in [0.25, 0.3) is 5.91 Å². The van der Waals surface area contributed by atoms with Crippen molar-refractivity contribution in [1.29, 1.82) is 0 Å². The molecule has 4 rings (SSSR count). The summed E-state index contributed by atoms with van der Waals surface area (Å²) in [6, 6.07) is 15.7. The molecule has 5 nitrogen and oxygen atoms in total. The molecule has 0 radical (unpaired) electrons. The Morgan fingerprint density at radius 3 is 2.65 bits per heavy atom. The largest absolute Gasteiger partial charge is 0.351 e. The first kappa shape index (κ1) is 16.1. The molecule has 0 aliphatic carbocycles. The van der Waals surface area contributed by atoms with Crippen molar-refractivity contribution in [3.8, 4) is 5.69 Å². The Hall–Kier alpha value is -3.41. The van der Waals surface area contributed by atoms with Crippen molar-refractivity contribution < 1.29 is 9.18 Å². The second-order valence-corrected chi connectivity index (χ2v) is 6.16. The topological polar surface area (TPSA) is 62.7 Å². The van der Waals surface area contributed by atoms with Gasteiger partial charge in [-0.15, -0.1) is 0 Å². The van der Waals surface area contributed by atoms with Gasteiger partial charge in [-0.2, -0.15) is 5.10 Å². The molecule has 26 heavy (non-hydrogen) atoms. The summed E-state index contributed by atoms with van der Waals surface area (Å²) in [5.74, 6) is -0.625. The minimum Gasteiger partial charge on any atom is -0.351 e. The molecule has 0 bridgehead atoms. The van der Waals surface area contributed by atoms with Crippen LogP contribution in [0.15, 0.2) is 54.6 Å². The molecule has 2 aromatic carbocycles. The Morgan fingerprint density at radius 1 is 1.12 bits per heavy atom. The van der Waals surface area contributed by atoms with Crippen LogP contribution in [0, 0.1) is 19.7 Å². The summed E-state index contributed by atoms with van der Waals surface area (Å²) in [7, 11) is 0. The number of hydrogen-bond acceptors (Lipinski definition) is 2. The lowest BCUT2D eigenvalue weighted by atomic mass is 10.2. The number of aromatic nitrogens is 3. The first-order valence-electron chi connectivity index (χ1n) is 8.24. The van der Waals surface area contributed by atoms with Crippen LogP contribution in [-0.2, 0) is 0 Å². The van der Waals surface area contributed by atoms with Crippen LogP contribution in [0.2, 0.25) is 0 Å². The van der Waals surface area contributed by atoms with Crippen molar-refractivity contribution in [2.75, 3.05) is 5.32 Å².